The van der Waals surface area contributed by atoms with E-state index >= 15 is 0 Å². The molecule has 2 heterocycles. The fourth-order valence-electron chi connectivity index (χ4n) is 2.18. The fourth-order valence-corrected chi connectivity index (χ4v) is 2.18. The van der Waals surface area contributed by atoms with Gasteiger partial charge in [0.15, 0.2) is 0 Å². The minimum Gasteiger partial charge on any atom is -0.463 e. The molecule has 2 aromatic rings. The molecule has 0 saturated heterocycles. The van der Waals surface area contributed by atoms with Gasteiger partial charge in [0.25, 0.3) is 0 Å². The molecule has 2 aromatic heterocycles. The van der Waals surface area contributed by atoms with Crippen LogP contribution in [-0.4, -0.2) is 16.6 Å². The Kier molecular flexibility index (Phi) is 4.75. The topological polar surface area (TPSA) is 58.3 Å². The molecular weight excluding hydrogens is 271 g/mol. The summed E-state index contributed by atoms with van der Waals surface area (Å²) in [6.45, 7) is 5.86. The molecule has 0 amide bonds. The van der Waals surface area contributed by atoms with E-state index in [2.05, 4.69) is 10.3 Å². The minimum atomic E-state index is -1.11. The maximum Gasteiger partial charge on any atom is 0.141 e. The van der Waals surface area contributed by atoms with Crippen molar-refractivity contribution in [3.05, 3.63) is 53.5 Å². The standard InChI is InChI=1S/C16H21FN2O2/c1-4-13(14-7-6-12(17)9-18-14)19-10-16(3,20)15-8-5-11(2)21-15/h5-9,13,19-20H,4,10H2,1-3H3. The van der Waals surface area contributed by atoms with Gasteiger partial charge in [0, 0.05) is 12.6 Å². The van der Waals surface area contributed by atoms with E-state index in [4.69, 9.17) is 4.42 Å². The first kappa shape index (κ1) is 15.7. The Labute approximate surface area is 124 Å². The van der Waals surface area contributed by atoms with Crippen LogP contribution in [0.1, 0.15) is 43.5 Å². The number of nitrogens with zero attached hydrogens (tertiary/aromatic N) is 1. The molecule has 0 spiro atoms. The lowest BCUT2D eigenvalue weighted by atomic mass is 10.0. The van der Waals surface area contributed by atoms with Crippen LogP contribution in [0.4, 0.5) is 4.39 Å². The third-order valence-corrected chi connectivity index (χ3v) is 3.48. The van der Waals surface area contributed by atoms with Crippen molar-refractivity contribution in [2.24, 2.45) is 0 Å². The first-order chi connectivity index (χ1) is 9.92. The van der Waals surface area contributed by atoms with Gasteiger partial charge in [0.2, 0.25) is 0 Å². The summed E-state index contributed by atoms with van der Waals surface area (Å²) in [4.78, 5) is 4.08. The number of aryl methyl sites for hydroxylation is 1. The third-order valence-electron chi connectivity index (χ3n) is 3.48. The highest BCUT2D eigenvalue weighted by Crippen LogP contribution is 2.23. The number of aliphatic hydroxyl groups is 1. The number of aromatic nitrogens is 1. The molecule has 0 bridgehead atoms. The Balaban J connectivity index is 2.04. The van der Waals surface area contributed by atoms with Crippen molar-refractivity contribution in [1.82, 2.24) is 10.3 Å². The molecule has 0 aromatic carbocycles. The predicted octanol–water partition coefficient (Wildman–Crippen LogP) is 3.07. The average molecular weight is 292 g/mol. The van der Waals surface area contributed by atoms with Crippen molar-refractivity contribution in [3.63, 3.8) is 0 Å². The van der Waals surface area contributed by atoms with Crippen LogP contribution in [-0.2, 0) is 5.60 Å². The summed E-state index contributed by atoms with van der Waals surface area (Å²) in [5.41, 5.74) is -0.354. The number of hydrogen-bond donors (Lipinski definition) is 2. The van der Waals surface area contributed by atoms with Gasteiger partial charge in [-0.05, 0) is 44.5 Å². The predicted molar refractivity (Wildman–Crippen MR) is 78.2 cm³/mol. The number of rotatable bonds is 6. The second-order valence-electron chi connectivity index (χ2n) is 5.43. The summed E-state index contributed by atoms with van der Waals surface area (Å²) in [5, 5.41) is 13.8. The van der Waals surface area contributed by atoms with Crippen molar-refractivity contribution in [1.29, 1.82) is 0 Å². The van der Waals surface area contributed by atoms with Crippen LogP contribution in [0.5, 0.6) is 0 Å². The van der Waals surface area contributed by atoms with Crippen molar-refractivity contribution in [2.45, 2.75) is 38.8 Å². The summed E-state index contributed by atoms with van der Waals surface area (Å²) in [6.07, 6.45) is 1.99. The van der Waals surface area contributed by atoms with Crippen LogP contribution < -0.4 is 5.32 Å². The van der Waals surface area contributed by atoms with Crippen LogP contribution in [0.25, 0.3) is 0 Å². The molecule has 21 heavy (non-hydrogen) atoms. The lowest BCUT2D eigenvalue weighted by Crippen LogP contribution is -2.37. The second kappa shape index (κ2) is 6.37. The molecule has 0 saturated carbocycles. The number of nitrogens with one attached hydrogen (secondary N) is 1. The average Bonchev–Trinajstić information content (AvgIpc) is 2.89. The highest BCUT2D eigenvalue weighted by Gasteiger charge is 2.27. The van der Waals surface area contributed by atoms with Gasteiger partial charge in [-0.15, -0.1) is 0 Å². The molecule has 0 aliphatic carbocycles. The van der Waals surface area contributed by atoms with Gasteiger partial charge in [-0.1, -0.05) is 6.92 Å². The SMILES string of the molecule is CCC(NCC(C)(O)c1ccc(C)o1)c1ccc(F)cn1. The molecule has 0 radical (unpaired) electrons. The van der Waals surface area contributed by atoms with Gasteiger partial charge >= 0.3 is 0 Å². The summed E-state index contributed by atoms with van der Waals surface area (Å²) in [5.74, 6) is 0.929. The lowest BCUT2D eigenvalue weighted by molar-refractivity contribution is 0.0305. The summed E-state index contributed by atoms with van der Waals surface area (Å²) in [7, 11) is 0. The number of hydrogen-bond acceptors (Lipinski definition) is 4. The summed E-state index contributed by atoms with van der Waals surface area (Å²) < 4.78 is 18.4. The van der Waals surface area contributed by atoms with Gasteiger partial charge in [0.1, 0.15) is 22.9 Å². The van der Waals surface area contributed by atoms with Gasteiger partial charge < -0.3 is 14.8 Å². The minimum absolute atomic E-state index is 0.0480. The summed E-state index contributed by atoms with van der Waals surface area (Å²) in [6, 6.07) is 6.59. The Bertz CT molecular complexity index is 578. The zero-order valence-electron chi connectivity index (χ0n) is 12.6. The normalized spacial score (nSPS) is 15.7. The monoisotopic (exact) mass is 292 g/mol. The maximum atomic E-state index is 12.9. The number of halogens is 1. The molecule has 0 aliphatic heterocycles. The molecule has 2 atom stereocenters. The number of furan rings is 1. The van der Waals surface area contributed by atoms with E-state index in [0.717, 1.165) is 17.9 Å². The van der Waals surface area contributed by atoms with E-state index in [1.54, 1.807) is 19.1 Å². The molecular formula is C16H21FN2O2. The quantitative estimate of drug-likeness (QED) is 0.859. The van der Waals surface area contributed by atoms with Crippen LogP contribution >= 0.6 is 0 Å². The third kappa shape index (κ3) is 3.89. The van der Waals surface area contributed by atoms with Crippen molar-refractivity contribution in [2.75, 3.05) is 6.54 Å². The Morgan fingerprint density at radius 1 is 1.38 bits per heavy atom. The maximum absolute atomic E-state index is 12.9. The van der Waals surface area contributed by atoms with Gasteiger partial charge in [0.05, 0.1) is 11.9 Å². The Morgan fingerprint density at radius 3 is 2.67 bits per heavy atom. The molecule has 2 rings (SSSR count). The first-order valence-electron chi connectivity index (χ1n) is 7.06. The van der Waals surface area contributed by atoms with E-state index in [-0.39, 0.29) is 11.9 Å². The largest absolute Gasteiger partial charge is 0.463 e. The molecule has 4 nitrogen and oxygen atoms in total. The molecule has 5 heteroatoms. The van der Waals surface area contributed by atoms with E-state index in [1.807, 2.05) is 19.9 Å². The van der Waals surface area contributed by atoms with Crippen LogP contribution in [0.15, 0.2) is 34.9 Å². The molecule has 114 valence electrons. The lowest BCUT2D eigenvalue weighted by Gasteiger charge is -2.25. The Morgan fingerprint density at radius 2 is 2.14 bits per heavy atom. The van der Waals surface area contributed by atoms with E-state index in [9.17, 15) is 9.50 Å². The van der Waals surface area contributed by atoms with Crippen molar-refractivity contribution >= 4 is 0 Å². The smallest absolute Gasteiger partial charge is 0.141 e. The molecule has 2 N–H and O–H groups in total. The zero-order valence-corrected chi connectivity index (χ0v) is 12.6. The van der Waals surface area contributed by atoms with Gasteiger partial charge in [-0.25, -0.2) is 4.39 Å². The van der Waals surface area contributed by atoms with Crippen molar-refractivity contribution < 1.29 is 13.9 Å². The molecule has 2 unspecified atom stereocenters. The van der Waals surface area contributed by atoms with E-state index in [0.29, 0.717) is 12.3 Å². The van der Waals surface area contributed by atoms with E-state index < -0.39 is 5.60 Å². The molecule has 0 fully saturated rings. The summed E-state index contributed by atoms with van der Waals surface area (Å²) >= 11 is 0. The Hall–Kier alpha value is -1.72. The fraction of sp³-hybridized carbons (Fsp3) is 0.438. The molecule has 0 aliphatic rings. The van der Waals surface area contributed by atoms with Crippen LogP contribution in [0.3, 0.4) is 0 Å². The van der Waals surface area contributed by atoms with Crippen LogP contribution in [0, 0.1) is 12.7 Å². The van der Waals surface area contributed by atoms with Crippen LogP contribution in [0.2, 0.25) is 0 Å². The first-order valence-corrected chi connectivity index (χ1v) is 7.06. The number of pyridine rings is 1. The second-order valence-corrected chi connectivity index (χ2v) is 5.43. The highest BCUT2D eigenvalue weighted by molar-refractivity contribution is 5.14. The van der Waals surface area contributed by atoms with Gasteiger partial charge in [-0.2, -0.15) is 0 Å². The highest BCUT2D eigenvalue weighted by atomic mass is 19.1. The van der Waals surface area contributed by atoms with E-state index in [1.165, 1.54) is 12.3 Å². The van der Waals surface area contributed by atoms with Gasteiger partial charge in [-0.3, -0.25) is 4.98 Å². The zero-order chi connectivity index (χ0) is 15.5. The van der Waals surface area contributed by atoms with Crippen molar-refractivity contribution in [3.8, 4) is 0 Å².